The Balaban J connectivity index is 1.95. The Kier molecular flexibility index (Phi) is 8.11. The molecule has 1 aliphatic heterocycles. The maximum Gasteiger partial charge on any atom is 0.416 e. The SMILES string of the molecule is C=C1CON(c2ccc(C(=O)OCC)cc2)[C@@H](c2ccc(C(F)(F)F)cc2)[C@](C(=O)OC)(c2ccccc2)C1. The summed E-state index contributed by atoms with van der Waals surface area (Å²) in [4.78, 5) is 32.2. The molecule has 0 aliphatic carbocycles. The first-order chi connectivity index (χ1) is 18.6. The minimum Gasteiger partial charge on any atom is -0.468 e. The highest BCUT2D eigenvalue weighted by Gasteiger charge is 2.54. The molecule has 0 aromatic heterocycles. The van der Waals surface area contributed by atoms with Crippen LogP contribution >= 0.6 is 0 Å². The van der Waals surface area contributed by atoms with Crippen LogP contribution in [0.1, 0.15) is 46.4 Å². The molecule has 9 heteroatoms. The molecule has 39 heavy (non-hydrogen) atoms. The summed E-state index contributed by atoms with van der Waals surface area (Å²) in [6.07, 6.45) is -4.42. The van der Waals surface area contributed by atoms with E-state index in [0.717, 1.165) is 12.1 Å². The molecule has 0 spiro atoms. The van der Waals surface area contributed by atoms with Crippen LogP contribution in [-0.4, -0.2) is 32.3 Å². The fraction of sp³-hybridized carbons (Fsp3) is 0.267. The molecule has 0 saturated carbocycles. The normalized spacial score (nSPS) is 19.8. The van der Waals surface area contributed by atoms with Gasteiger partial charge in [0.05, 0.1) is 37.1 Å². The fourth-order valence-electron chi connectivity index (χ4n) is 4.91. The van der Waals surface area contributed by atoms with Crippen LogP contribution < -0.4 is 5.06 Å². The molecule has 4 rings (SSSR count). The van der Waals surface area contributed by atoms with Crippen LogP contribution in [0.2, 0.25) is 0 Å². The third kappa shape index (κ3) is 5.54. The van der Waals surface area contributed by atoms with Crippen molar-refractivity contribution in [2.24, 2.45) is 0 Å². The number of carbonyl (C=O) groups is 2. The summed E-state index contributed by atoms with van der Waals surface area (Å²) in [5, 5.41) is 1.49. The van der Waals surface area contributed by atoms with Gasteiger partial charge in [0, 0.05) is 0 Å². The van der Waals surface area contributed by atoms with Crippen molar-refractivity contribution < 1.29 is 37.1 Å². The average Bonchev–Trinajstić information content (AvgIpc) is 3.10. The second-order valence-corrected chi connectivity index (χ2v) is 9.14. The standard InChI is InChI=1S/C30H28F3NO5/c1-4-38-27(35)22-12-16-25(17-13-22)34-26(21-10-14-24(15-11-21)30(31,32)33)29(28(36)37-3,18-20(2)19-39-34)23-8-6-5-7-9-23/h5-17,26H,2,4,18-19H2,1,3H3/t26-,29+/m0/s1. The van der Waals surface area contributed by atoms with E-state index in [0.29, 0.717) is 28.0 Å². The van der Waals surface area contributed by atoms with Crippen molar-refractivity contribution in [2.75, 3.05) is 25.4 Å². The Morgan fingerprint density at radius 2 is 1.67 bits per heavy atom. The van der Waals surface area contributed by atoms with Crippen LogP contribution in [0.5, 0.6) is 0 Å². The van der Waals surface area contributed by atoms with Gasteiger partial charge in [-0.2, -0.15) is 13.2 Å². The quantitative estimate of drug-likeness (QED) is 0.266. The van der Waals surface area contributed by atoms with Gasteiger partial charge in [-0.1, -0.05) is 49.0 Å². The summed E-state index contributed by atoms with van der Waals surface area (Å²) in [6.45, 7) is 6.06. The number of halogens is 3. The molecule has 0 bridgehead atoms. The number of anilines is 1. The zero-order valence-electron chi connectivity index (χ0n) is 21.5. The van der Waals surface area contributed by atoms with Gasteiger partial charge in [0.1, 0.15) is 11.5 Å². The van der Waals surface area contributed by atoms with Gasteiger partial charge in [0.2, 0.25) is 0 Å². The number of rotatable bonds is 6. The van der Waals surface area contributed by atoms with Crippen molar-refractivity contribution in [1.82, 2.24) is 0 Å². The van der Waals surface area contributed by atoms with Gasteiger partial charge in [-0.3, -0.25) is 9.63 Å². The number of ether oxygens (including phenoxy) is 2. The average molecular weight is 540 g/mol. The summed E-state index contributed by atoms with van der Waals surface area (Å²) in [6, 6.07) is 18.9. The maximum absolute atomic E-state index is 13.8. The highest BCUT2D eigenvalue weighted by Crippen LogP contribution is 2.50. The van der Waals surface area contributed by atoms with E-state index in [-0.39, 0.29) is 19.6 Å². The lowest BCUT2D eigenvalue weighted by Crippen LogP contribution is -2.49. The number of methoxy groups -OCH3 is 1. The molecule has 1 heterocycles. The summed E-state index contributed by atoms with van der Waals surface area (Å²) >= 11 is 0. The van der Waals surface area contributed by atoms with E-state index in [2.05, 4.69) is 6.58 Å². The van der Waals surface area contributed by atoms with E-state index in [9.17, 15) is 22.8 Å². The van der Waals surface area contributed by atoms with Crippen molar-refractivity contribution >= 4 is 17.6 Å². The van der Waals surface area contributed by atoms with Crippen LogP contribution in [0.15, 0.2) is 91.0 Å². The molecular formula is C30H28F3NO5. The minimum absolute atomic E-state index is 0.0440. The van der Waals surface area contributed by atoms with Gasteiger partial charge in [-0.15, -0.1) is 0 Å². The number of hydroxylamine groups is 1. The highest BCUT2D eigenvalue weighted by atomic mass is 19.4. The van der Waals surface area contributed by atoms with Crippen LogP contribution in [0.4, 0.5) is 18.9 Å². The first kappa shape index (κ1) is 27.9. The Labute approximate surface area is 224 Å². The van der Waals surface area contributed by atoms with Crippen molar-refractivity contribution in [3.05, 3.63) is 113 Å². The lowest BCUT2D eigenvalue weighted by molar-refractivity contribution is -0.149. The second-order valence-electron chi connectivity index (χ2n) is 9.14. The van der Waals surface area contributed by atoms with E-state index in [1.807, 2.05) is 0 Å². The second kappa shape index (κ2) is 11.3. The third-order valence-corrected chi connectivity index (χ3v) is 6.66. The van der Waals surface area contributed by atoms with E-state index in [1.165, 1.54) is 24.3 Å². The number of hydrogen-bond acceptors (Lipinski definition) is 6. The van der Waals surface area contributed by atoms with Crippen molar-refractivity contribution in [3.63, 3.8) is 0 Å². The molecule has 0 N–H and O–H groups in total. The van der Waals surface area contributed by atoms with Gasteiger partial charge >= 0.3 is 18.1 Å². The van der Waals surface area contributed by atoms with Crippen LogP contribution in [-0.2, 0) is 30.7 Å². The van der Waals surface area contributed by atoms with Crippen molar-refractivity contribution in [3.8, 4) is 0 Å². The van der Waals surface area contributed by atoms with Crippen molar-refractivity contribution in [1.29, 1.82) is 0 Å². The molecule has 0 radical (unpaired) electrons. The number of benzene rings is 3. The van der Waals surface area contributed by atoms with Crippen LogP contribution in [0.25, 0.3) is 0 Å². The summed E-state index contributed by atoms with van der Waals surface area (Å²) in [7, 11) is 1.27. The number of carbonyl (C=O) groups excluding carboxylic acids is 2. The Hall–Kier alpha value is -4.11. The van der Waals surface area contributed by atoms with E-state index in [4.69, 9.17) is 14.3 Å². The molecule has 1 fully saturated rings. The van der Waals surface area contributed by atoms with E-state index in [1.54, 1.807) is 61.5 Å². The summed E-state index contributed by atoms with van der Waals surface area (Å²) in [5.41, 5.74) is 0.0807. The third-order valence-electron chi connectivity index (χ3n) is 6.66. The lowest BCUT2D eigenvalue weighted by Gasteiger charge is -2.42. The fourth-order valence-corrected chi connectivity index (χ4v) is 4.91. The topological polar surface area (TPSA) is 65.1 Å². The molecule has 1 saturated heterocycles. The number of hydrogen-bond donors (Lipinski definition) is 0. The smallest absolute Gasteiger partial charge is 0.416 e. The molecule has 204 valence electrons. The minimum atomic E-state index is -4.53. The van der Waals surface area contributed by atoms with Gasteiger partial charge in [0.15, 0.2) is 0 Å². The number of nitrogens with zero attached hydrogens (tertiary/aromatic N) is 1. The largest absolute Gasteiger partial charge is 0.468 e. The van der Waals surface area contributed by atoms with E-state index < -0.39 is 35.1 Å². The van der Waals surface area contributed by atoms with Crippen LogP contribution in [0, 0.1) is 0 Å². The molecule has 3 aromatic rings. The Morgan fingerprint density at radius 3 is 2.23 bits per heavy atom. The molecule has 0 amide bonds. The monoisotopic (exact) mass is 539 g/mol. The van der Waals surface area contributed by atoms with Gasteiger partial charge in [-0.25, -0.2) is 9.86 Å². The zero-order valence-corrected chi connectivity index (χ0v) is 21.5. The van der Waals surface area contributed by atoms with Crippen molar-refractivity contribution in [2.45, 2.75) is 31.0 Å². The zero-order chi connectivity index (χ0) is 28.2. The summed E-state index contributed by atoms with van der Waals surface area (Å²) in [5.74, 6) is -1.10. The number of esters is 2. The molecule has 2 atom stereocenters. The van der Waals surface area contributed by atoms with Gasteiger partial charge in [0.25, 0.3) is 0 Å². The molecule has 0 unspecified atom stereocenters. The summed E-state index contributed by atoms with van der Waals surface area (Å²) < 4.78 is 50.7. The maximum atomic E-state index is 13.8. The molecule has 6 nitrogen and oxygen atoms in total. The van der Waals surface area contributed by atoms with E-state index >= 15 is 0 Å². The Morgan fingerprint density at radius 1 is 1.03 bits per heavy atom. The van der Waals surface area contributed by atoms with Crippen LogP contribution in [0.3, 0.4) is 0 Å². The number of alkyl halides is 3. The molecule has 3 aromatic carbocycles. The first-order valence-corrected chi connectivity index (χ1v) is 12.3. The van der Waals surface area contributed by atoms with Gasteiger partial charge < -0.3 is 9.47 Å². The Bertz CT molecular complexity index is 1320. The van der Waals surface area contributed by atoms with Gasteiger partial charge in [-0.05, 0) is 66.4 Å². The predicted molar refractivity (Wildman–Crippen MR) is 139 cm³/mol. The lowest BCUT2D eigenvalue weighted by atomic mass is 9.67. The highest BCUT2D eigenvalue weighted by molar-refractivity contribution is 5.90. The molecular weight excluding hydrogens is 511 g/mol. The predicted octanol–water partition coefficient (Wildman–Crippen LogP) is 6.43. The molecule has 1 aliphatic rings. The first-order valence-electron chi connectivity index (χ1n) is 12.3.